The topological polar surface area (TPSA) is 3.24 Å². The van der Waals surface area contributed by atoms with E-state index in [0.29, 0.717) is 10.8 Å². The fourth-order valence-electron chi connectivity index (χ4n) is 10.9. The average molecular weight is 456 g/mol. The first kappa shape index (κ1) is 24.6. The second kappa shape index (κ2) is 9.78. The third kappa shape index (κ3) is 4.49. The predicted octanol–water partition coefficient (Wildman–Crippen LogP) is 8.96. The van der Waals surface area contributed by atoms with Gasteiger partial charge >= 0.3 is 0 Å². The standard InChI is InChI=1S/C32H57N/c1-23(2)10-9-11-24(3)28-14-15-29-27-13-12-25-22-26(33-20-7-6-8-21-33)16-18-31(25,4)30(27)17-19-32(28,29)5/h23-30H,6-22H2,1-5H3/t24-,25+,26+,27+,28-,29+,30+,31+,32-/m1/s1. The lowest BCUT2D eigenvalue weighted by molar-refractivity contribution is -0.124. The third-order valence-corrected chi connectivity index (χ3v) is 12.7. The fraction of sp³-hybridized carbons (Fsp3) is 1.00. The molecule has 0 aromatic carbocycles. The van der Waals surface area contributed by atoms with Gasteiger partial charge in [0, 0.05) is 6.04 Å². The number of likely N-dealkylation sites (tertiary alicyclic amines) is 1. The SMILES string of the molecule is CC(C)CCC[C@@H](C)[C@H]1CC[C@H]2[C@@H]3CC[C@H]4C[C@@H](N5CCCCC5)CC[C@]4(C)[C@H]3CC[C@]12C. The van der Waals surface area contributed by atoms with Crippen molar-refractivity contribution in [2.24, 2.45) is 52.3 Å². The van der Waals surface area contributed by atoms with Gasteiger partial charge in [0.2, 0.25) is 0 Å². The molecule has 1 aliphatic heterocycles. The number of hydrogen-bond acceptors (Lipinski definition) is 1. The summed E-state index contributed by atoms with van der Waals surface area (Å²) in [7, 11) is 0. The highest BCUT2D eigenvalue weighted by Crippen LogP contribution is 2.68. The zero-order valence-corrected chi connectivity index (χ0v) is 23.1. The lowest BCUT2D eigenvalue weighted by Gasteiger charge is -2.62. The molecule has 0 N–H and O–H groups in total. The molecule has 0 amide bonds. The van der Waals surface area contributed by atoms with Crippen molar-refractivity contribution in [3.63, 3.8) is 0 Å². The van der Waals surface area contributed by atoms with Gasteiger partial charge in [0.15, 0.2) is 0 Å². The molecule has 0 unspecified atom stereocenters. The first-order valence-electron chi connectivity index (χ1n) is 15.6. The second-order valence-electron chi connectivity index (χ2n) is 14.7. The smallest absolute Gasteiger partial charge is 0.00983 e. The Hall–Kier alpha value is -0.0400. The van der Waals surface area contributed by atoms with E-state index in [4.69, 9.17) is 0 Å². The second-order valence-corrected chi connectivity index (χ2v) is 14.7. The molecule has 4 saturated carbocycles. The van der Waals surface area contributed by atoms with Crippen molar-refractivity contribution >= 4 is 0 Å². The number of nitrogens with zero attached hydrogens (tertiary/aromatic N) is 1. The van der Waals surface area contributed by atoms with E-state index < -0.39 is 0 Å². The highest BCUT2D eigenvalue weighted by Gasteiger charge is 2.60. The van der Waals surface area contributed by atoms with Crippen LogP contribution in [0, 0.1) is 52.3 Å². The Balaban J connectivity index is 1.24. The largest absolute Gasteiger partial charge is 0.300 e. The van der Waals surface area contributed by atoms with Crippen LogP contribution in [-0.2, 0) is 0 Å². The van der Waals surface area contributed by atoms with Gasteiger partial charge in [0.25, 0.3) is 0 Å². The van der Waals surface area contributed by atoms with Gasteiger partial charge < -0.3 is 4.90 Å². The predicted molar refractivity (Wildman–Crippen MR) is 142 cm³/mol. The van der Waals surface area contributed by atoms with E-state index in [9.17, 15) is 0 Å². The summed E-state index contributed by atoms with van der Waals surface area (Å²) in [5.74, 6) is 7.01. The van der Waals surface area contributed by atoms with E-state index in [1.165, 1.54) is 64.5 Å². The molecule has 1 nitrogen and oxygen atoms in total. The lowest BCUT2D eigenvalue weighted by atomic mass is 9.44. The van der Waals surface area contributed by atoms with E-state index in [1.807, 2.05) is 0 Å². The number of hydrogen-bond donors (Lipinski definition) is 0. The Morgan fingerprint density at radius 3 is 2.24 bits per heavy atom. The van der Waals surface area contributed by atoms with Crippen molar-refractivity contribution in [1.82, 2.24) is 4.90 Å². The van der Waals surface area contributed by atoms with Crippen LogP contribution in [0.2, 0.25) is 0 Å². The molecular weight excluding hydrogens is 398 g/mol. The van der Waals surface area contributed by atoms with Crippen molar-refractivity contribution in [2.45, 2.75) is 137 Å². The van der Waals surface area contributed by atoms with Crippen LogP contribution in [0.4, 0.5) is 0 Å². The Bertz CT molecular complexity index is 649. The van der Waals surface area contributed by atoms with Crippen LogP contribution in [0.25, 0.3) is 0 Å². The molecule has 1 heterocycles. The molecule has 0 bridgehead atoms. The Morgan fingerprint density at radius 2 is 1.48 bits per heavy atom. The van der Waals surface area contributed by atoms with Crippen LogP contribution in [0.3, 0.4) is 0 Å². The first-order chi connectivity index (χ1) is 15.8. The van der Waals surface area contributed by atoms with E-state index in [2.05, 4.69) is 39.5 Å². The summed E-state index contributed by atoms with van der Waals surface area (Å²) in [5, 5.41) is 0. The van der Waals surface area contributed by atoms with Crippen LogP contribution in [0.5, 0.6) is 0 Å². The molecule has 1 saturated heterocycles. The maximum atomic E-state index is 2.91. The molecule has 0 aromatic heterocycles. The van der Waals surface area contributed by atoms with Gasteiger partial charge in [0.05, 0.1) is 0 Å². The summed E-state index contributed by atoms with van der Waals surface area (Å²) in [6.07, 6.45) is 22.7. The normalized spacial score (nSPS) is 47.1. The zero-order chi connectivity index (χ0) is 23.2. The van der Waals surface area contributed by atoms with Crippen molar-refractivity contribution in [3.05, 3.63) is 0 Å². The molecule has 5 aliphatic rings. The molecule has 5 rings (SSSR count). The number of fused-ring (bicyclic) bond motifs is 5. The van der Waals surface area contributed by atoms with Crippen LogP contribution < -0.4 is 0 Å². The van der Waals surface area contributed by atoms with Gasteiger partial charge in [-0.05, 0) is 136 Å². The van der Waals surface area contributed by atoms with Crippen molar-refractivity contribution in [2.75, 3.05) is 13.1 Å². The minimum Gasteiger partial charge on any atom is -0.300 e. The summed E-state index contributed by atoms with van der Waals surface area (Å²) >= 11 is 0. The van der Waals surface area contributed by atoms with E-state index in [-0.39, 0.29) is 0 Å². The van der Waals surface area contributed by atoms with Gasteiger partial charge in [0.1, 0.15) is 0 Å². The van der Waals surface area contributed by atoms with Crippen LogP contribution >= 0.6 is 0 Å². The van der Waals surface area contributed by atoms with Gasteiger partial charge in [-0.15, -0.1) is 0 Å². The average Bonchev–Trinajstić information content (AvgIpc) is 3.16. The Morgan fingerprint density at radius 1 is 0.758 bits per heavy atom. The summed E-state index contributed by atoms with van der Waals surface area (Å²) < 4.78 is 0. The Labute approximate surface area is 207 Å². The minimum atomic E-state index is 0.659. The maximum absolute atomic E-state index is 2.91. The quantitative estimate of drug-likeness (QED) is 0.386. The fourth-order valence-corrected chi connectivity index (χ4v) is 10.9. The van der Waals surface area contributed by atoms with Crippen molar-refractivity contribution < 1.29 is 0 Å². The van der Waals surface area contributed by atoms with Crippen molar-refractivity contribution in [1.29, 1.82) is 0 Å². The summed E-state index contributed by atoms with van der Waals surface area (Å²) in [6.45, 7) is 15.8. The molecule has 9 atom stereocenters. The van der Waals surface area contributed by atoms with Crippen LogP contribution in [0.15, 0.2) is 0 Å². The molecule has 0 aromatic rings. The molecule has 1 heteroatoms. The highest BCUT2D eigenvalue weighted by molar-refractivity contribution is 5.10. The number of piperidine rings is 1. The maximum Gasteiger partial charge on any atom is 0.00983 e. The summed E-state index contributed by atoms with van der Waals surface area (Å²) in [5.41, 5.74) is 1.32. The lowest BCUT2D eigenvalue weighted by Crippen LogP contribution is -2.56. The molecule has 0 spiro atoms. The van der Waals surface area contributed by atoms with E-state index >= 15 is 0 Å². The highest BCUT2D eigenvalue weighted by atomic mass is 15.2. The molecule has 33 heavy (non-hydrogen) atoms. The van der Waals surface area contributed by atoms with Crippen LogP contribution in [-0.4, -0.2) is 24.0 Å². The molecule has 4 aliphatic carbocycles. The molecule has 5 fully saturated rings. The number of rotatable bonds is 6. The zero-order valence-electron chi connectivity index (χ0n) is 23.1. The molecular formula is C32H57N. The summed E-state index contributed by atoms with van der Waals surface area (Å²) in [6, 6.07) is 0.927. The minimum absolute atomic E-state index is 0.659. The molecule has 0 radical (unpaired) electrons. The van der Waals surface area contributed by atoms with Gasteiger partial charge in [-0.1, -0.05) is 60.3 Å². The van der Waals surface area contributed by atoms with Crippen LogP contribution in [0.1, 0.15) is 131 Å². The van der Waals surface area contributed by atoms with Gasteiger partial charge in [-0.2, -0.15) is 0 Å². The third-order valence-electron chi connectivity index (χ3n) is 12.7. The molecule has 190 valence electrons. The van der Waals surface area contributed by atoms with E-state index in [1.54, 1.807) is 44.9 Å². The first-order valence-corrected chi connectivity index (χ1v) is 15.6. The summed E-state index contributed by atoms with van der Waals surface area (Å²) in [4.78, 5) is 2.91. The van der Waals surface area contributed by atoms with E-state index in [0.717, 1.165) is 47.5 Å². The van der Waals surface area contributed by atoms with Gasteiger partial charge in [-0.25, -0.2) is 0 Å². The van der Waals surface area contributed by atoms with Gasteiger partial charge in [-0.3, -0.25) is 0 Å². The Kier molecular flexibility index (Phi) is 7.31. The van der Waals surface area contributed by atoms with Crippen molar-refractivity contribution in [3.8, 4) is 0 Å². The monoisotopic (exact) mass is 455 g/mol.